The van der Waals surface area contributed by atoms with E-state index in [-0.39, 0.29) is 31.0 Å². The van der Waals surface area contributed by atoms with Crippen LogP contribution in [-0.2, 0) is 16.0 Å². The highest BCUT2D eigenvalue weighted by Crippen LogP contribution is 2.35. The van der Waals surface area contributed by atoms with Crippen LogP contribution in [0.15, 0.2) is 24.5 Å². The fraction of sp³-hybridized carbons (Fsp3) is 0.647. The Balaban J connectivity index is 1.52. The molecular formula is C17H23F2N3O2. The number of pyridine rings is 1. The van der Waals surface area contributed by atoms with Crippen molar-refractivity contribution in [2.24, 2.45) is 0 Å². The summed E-state index contributed by atoms with van der Waals surface area (Å²) in [6.45, 7) is 3.50. The number of amides is 1. The maximum atomic E-state index is 13.8. The Labute approximate surface area is 140 Å². The number of halogens is 2. The molecule has 0 aromatic carbocycles. The number of carbonyl (C=O) groups is 1. The average Bonchev–Trinajstić information content (AvgIpc) is 2.79. The summed E-state index contributed by atoms with van der Waals surface area (Å²) in [5, 5.41) is 0. The molecule has 0 radical (unpaired) electrons. The van der Waals surface area contributed by atoms with Gasteiger partial charge in [-0.15, -0.1) is 0 Å². The lowest BCUT2D eigenvalue weighted by atomic mass is 10.0. The third-order valence-electron chi connectivity index (χ3n) is 4.69. The summed E-state index contributed by atoms with van der Waals surface area (Å²) in [5.41, 5.74) is 0.868. The first-order chi connectivity index (χ1) is 11.5. The summed E-state index contributed by atoms with van der Waals surface area (Å²) in [4.78, 5) is 19.8. The molecule has 0 unspecified atom stereocenters. The summed E-state index contributed by atoms with van der Waals surface area (Å²) in [7, 11) is 0. The number of carbonyl (C=O) groups excluding carboxylic acids is 1. The van der Waals surface area contributed by atoms with Gasteiger partial charge < -0.3 is 9.64 Å². The molecule has 1 amide bonds. The first-order valence-corrected chi connectivity index (χ1v) is 8.36. The molecule has 132 valence electrons. The second-order valence-electron chi connectivity index (χ2n) is 6.54. The predicted molar refractivity (Wildman–Crippen MR) is 84.9 cm³/mol. The minimum Gasteiger partial charge on any atom is -0.380 e. The van der Waals surface area contributed by atoms with Crippen molar-refractivity contribution in [1.29, 1.82) is 0 Å². The summed E-state index contributed by atoms with van der Waals surface area (Å²) >= 11 is 0. The molecule has 0 aliphatic carbocycles. The van der Waals surface area contributed by atoms with E-state index in [1.54, 1.807) is 23.4 Å². The number of alkyl halides is 2. The van der Waals surface area contributed by atoms with Crippen LogP contribution in [0, 0.1) is 0 Å². The summed E-state index contributed by atoms with van der Waals surface area (Å²) in [6, 6.07) is 3.40. The van der Waals surface area contributed by atoms with Gasteiger partial charge >= 0.3 is 0 Å². The van der Waals surface area contributed by atoms with Crippen LogP contribution >= 0.6 is 0 Å². The molecule has 5 nitrogen and oxygen atoms in total. The van der Waals surface area contributed by atoms with Crippen molar-refractivity contribution >= 4 is 5.91 Å². The van der Waals surface area contributed by atoms with Gasteiger partial charge in [0.1, 0.15) is 0 Å². The number of hydrogen-bond donors (Lipinski definition) is 0. The molecule has 3 rings (SSSR count). The molecule has 0 N–H and O–H groups in total. The Bertz CT molecular complexity index is 564. The van der Waals surface area contributed by atoms with Gasteiger partial charge in [-0.05, 0) is 18.6 Å². The van der Waals surface area contributed by atoms with Crippen molar-refractivity contribution in [1.82, 2.24) is 14.8 Å². The molecule has 0 bridgehead atoms. The number of hydrogen-bond acceptors (Lipinski definition) is 4. The topological polar surface area (TPSA) is 45.7 Å². The van der Waals surface area contributed by atoms with Crippen LogP contribution in [0.25, 0.3) is 0 Å². The molecule has 2 aliphatic rings. The Morgan fingerprint density at radius 3 is 2.92 bits per heavy atom. The van der Waals surface area contributed by atoms with Crippen molar-refractivity contribution in [3.8, 4) is 0 Å². The quantitative estimate of drug-likeness (QED) is 0.789. The van der Waals surface area contributed by atoms with Crippen LogP contribution in [0.5, 0.6) is 0 Å². The van der Waals surface area contributed by atoms with Gasteiger partial charge in [0, 0.05) is 50.6 Å². The summed E-state index contributed by atoms with van der Waals surface area (Å²) < 4.78 is 32.9. The molecule has 7 heteroatoms. The highest BCUT2D eigenvalue weighted by atomic mass is 19.3. The molecule has 2 saturated heterocycles. The Morgan fingerprint density at radius 2 is 2.25 bits per heavy atom. The van der Waals surface area contributed by atoms with E-state index in [0.29, 0.717) is 32.7 Å². The second kappa shape index (κ2) is 7.11. The van der Waals surface area contributed by atoms with Gasteiger partial charge in [0.2, 0.25) is 5.91 Å². The van der Waals surface area contributed by atoms with Crippen LogP contribution in [0.1, 0.15) is 18.9 Å². The zero-order valence-corrected chi connectivity index (χ0v) is 13.8. The fourth-order valence-electron chi connectivity index (χ4n) is 3.42. The molecule has 24 heavy (non-hydrogen) atoms. The van der Waals surface area contributed by atoms with Crippen molar-refractivity contribution in [3.05, 3.63) is 30.1 Å². The Hall–Kier alpha value is -1.60. The van der Waals surface area contributed by atoms with Crippen LogP contribution in [0.4, 0.5) is 8.78 Å². The van der Waals surface area contributed by atoms with Crippen molar-refractivity contribution in [3.63, 3.8) is 0 Å². The summed E-state index contributed by atoms with van der Waals surface area (Å²) in [5.74, 6) is -2.64. The van der Waals surface area contributed by atoms with E-state index < -0.39 is 5.92 Å². The number of aromatic nitrogens is 1. The first-order valence-electron chi connectivity index (χ1n) is 8.36. The standard InChI is InChI=1S/C17H23F2N3O2/c1-2-24-11-14-7-17(18,19)12-22(14)15-9-21(10-15)16(23)6-13-4-3-5-20-8-13/h3-5,8,14-15H,2,6-7,9-12H2,1H3/t14-/m0/s1. The minimum absolute atomic E-state index is 0.00156. The van der Waals surface area contributed by atoms with E-state index in [1.165, 1.54) is 0 Å². The van der Waals surface area contributed by atoms with Gasteiger partial charge in [-0.2, -0.15) is 0 Å². The Morgan fingerprint density at radius 1 is 1.46 bits per heavy atom. The molecule has 0 saturated carbocycles. The lowest BCUT2D eigenvalue weighted by molar-refractivity contribution is -0.138. The van der Waals surface area contributed by atoms with Crippen LogP contribution in [0.2, 0.25) is 0 Å². The molecule has 1 aromatic heterocycles. The van der Waals surface area contributed by atoms with E-state index in [9.17, 15) is 13.6 Å². The van der Waals surface area contributed by atoms with Crippen molar-refractivity contribution in [2.75, 3.05) is 32.8 Å². The van der Waals surface area contributed by atoms with E-state index >= 15 is 0 Å². The zero-order chi connectivity index (χ0) is 17.2. The van der Waals surface area contributed by atoms with Gasteiger partial charge in [0.05, 0.1) is 19.6 Å². The molecule has 2 fully saturated rings. The van der Waals surface area contributed by atoms with Gasteiger partial charge in [0.15, 0.2) is 0 Å². The number of likely N-dealkylation sites (tertiary alicyclic amines) is 2. The molecule has 1 aromatic rings. The van der Waals surface area contributed by atoms with E-state index in [1.807, 2.05) is 17.9 Å². The summed E-state index contributed by atoms with van der Waals surface area (Å²) in [6.07, 6.45) is 3.49. The van der Waals surface area contributed by atoms with Gasteiger partial charge in [-0.25, -0.2) is 8.78 Å². The number of ether oxygens (including phenoxy) is 1. The second-order valence-corrected chi connectivity index (χ2v) is 6.54. The maximum absolute atomic E-state index is 13.8. The van der Waals surface area contributed by atoms with Crippen LogP contribution < -0.4 is 0 Å². The Kier molecular flexibility index (Phi) is 5.10. The lowest BCUT2D eigenvalue weighted by Gasteiger charge is -2.46. The van der Waals surface area contributed by atoms with E-state index in [0.717, 1.165) is 5.56 Å². The highest BCUT2D eigenvalue weighted by molar-refractivity contribution is 5.79. The van der Waals surface area contributed by atoms with Crippen LogP contribution in [-0.4, -0.2) is 71.5 Å². The third kappa shape index (κ3) is 3.89. The number of nitrogens with zero attached hydrogens (tertiary/aromatic N) is 3. The molecule has 1 atom stereocenters. The minimum atomic E-state index is -2.66. The molecule has 3 heterocycles. The third-order valence-corrected chi connectivity index (χ3v) is 4.69. The number of rotatable bonds is 6. The highest BCUT2D eigenvalue weighted by Gasteiger charge is 2.50. The van der Waals surface area contributed by atoms with E-state index in [2.05, 4.69) is 4.98 Å². The van der Waals surface area contributed by atoms with Crippen LogP contribution in [0.3, 0.4) is 0 Å². The average molecular weight is 339 g/mol. The fourth-order valence-corrected chi connectivity index (χ4v) is 3.42. The first kappa shape index (κ1) is 17.2. The smallest absolute Gasteiger partial charge is 0.262 e. The van der Waals surface area contributed by atoms with Gasteiger partial charge in [-0.3, -0.25) is 14.7 Å². The molecular weight excluding hydrogens is 316 g/mol. The molecule has 0 spiro atoms. The van der Waals surface area contributed by atoms with Gasteiger partial charge in [-0.1, -0.05) is 6.07 Å². The van der Waals surface area contributed by atoms with E-state index in [4.69, 9.17) is 4.74 Å². The largest absolute Gasteiger partial charge is 0.380 e. The van der Waals surface area contributed by atoms with Crippen molar-refractivity contribution < 1.29 is 18.3 Å². The SMILES string of the molecule is CCOC[C@@H]1CC(F)(F)CN1C1CN(C(=O)Cc2cccnc2)C1. The molecule has 2 aliphatic heterocycles. The maximum Gasteiger partial charge on any atom is 0.262 e. The monoisotopic (exact) mass is 339 g/mol. The predicted octanol–water partition coefficient (Wildman–Crippen LogP) is 1.58. The lowest BCUT2D eigenvalue weighted by Crippen LogP contribution is -2.62. The van der Waals surface area contributed by atoms with Crippen molar-refractivity contribution in [2.45, 2.75) is 37.8 Å². The van der Waals surface area contributed by atoms with Gasteiger partial charge in [0.25, 0.3) is 5.92 Å². The normalized spacial score (nSPS) is 24.1. The zero-order valence-electron chi connectivity index (χ0n) is 13.8.